The second-order valence-corrected chi connectivity index (χ2v) is 14.2. The number of pyridine rings is 4. The fraction of sp³-hybridized carbons (Fsp3) is 0.136. The van der Waals surface area contributed by atoms with E-state index in [2.05, 4.69) is 19.9 Å². The number of benzene rings is 4. The number of unbranched alkanes of at least 4 members (excludes halogenated alkanes) is 1. The van der Waals surface area contributed by atoms with Crippen LogP contribution in [0.4, 0.5) is 22.7 Å². The first-order chi connectivity index (χ1) is 32.9. The Morgan fingerprint density at radius 1 is 0.412 bits per heavy atom. The van der Waals surface area contributed by atoms with Crippen molar-refractivity contribution >= 4 is 78.3 Å². The first-order valence-electron chi connectivity index (χ1n) is 20.0. The third-order valence-electron chi connectivity index (χ3n) is 9.99. The van der Waals surface area contributed by atoms with Gasteiger partial charge < -0.3 is 28.4 Å². The third kappa shape index (κ3) is 9.67. The fourth-order valence-corrected chi connectivity index (χ4v) is 6.97. The summed E-state index contributed by atoms with van der Waals surface area (Å²) in [5, 5.41) is 47.4. The van der Waals surface area contributed by atoms with Gasteiger partial charge in [-0.3, -0.25) is 70.0 Å². The van der Waals surface area contributed by atoms with Gasteiger partial charge in [0, 0.05) is 61.9 Å². The molecule has 0 fully saturated rings. The molecule has 0 aliphatic carbocycles. The Morgan fingerprint density at radius 2 is 0.662 bits per heavy atom. The predicted octanol–water partition coefficient (Wildman–Crippen LogP) is 8.34. The van der Waals surface area contributed by atoms with Crippen molar-refractivity contribution in [2.24, 2.45) is 0 Å². The molecule has 8 aromatic rings. The summed E-state index contributed by atoms with van der Waals surface area (Å²) in [7, 11) is 0. The highest BCUT2D eigenvalue weighted by atomic mass is 16.9. The highest BCUT2D eigenvalue weighted by molar-refractivity contribution is 5.95. The van der Waals surface area contributed by atoms with Gasteiger partial charge in [0.05, 0.1) is 41.2 Å². The highest BCUT2D eigenvalue weighted by Crippen LogP contribution is 2.37. The summed E-state index contributed by atoms with van der Waals surface area (Å²) in [5.41, 5.74) is -1.01. The maximum Gasteiger partial charge on any atom is 0.408 e. The number of esters is 2. The molecule has 68 heavy (non-hydrogen) atoms. The van der Waals surface area contributed by atoms with Gasteiger partial charge >= 0.3 is 24.9 Å². The Balaban J connectivity index is 0.986. The van der Waals surface area contributed by atoms with Crippen molar-refractivity contribution in [1.29, 1.82) is 0 Å². The number of aromatic nitrogens is 4. The Kier molecular flexibility index (Phi) is 12.9. The molecule has 4 aromatic carbocycles. The Hall–Kier alpha value is -9.74. The van der Waals surface area contributed by atoms with Crippen LogP contribution in [-0.2, 0) is 19.1 Å². The lowest BCUT2D eigenvalue weighted by Gasteiger charge is -2.21. The van der Waals surface area contributed by atoms with Crippen LogP contribution in [0.3, 0.4) is 0 Å². The van der Waals surface area contributed by atoms with Crippen LogP contribution in [0.1, 0.15) is 25.7 Å². The molecular formula is C44H30N8O16. The molecule has 0 atom stereocenters. The van der Waals surface area contributed by atoms with Crippen molar-refractivity contribution in [3.63, 3.8) is 0 Å². The average Bonchev–Trinajstić information content (AvgIpc) is 3.32. The minimum atomic E-state index is -1.91. The van der Waals surface area contributed by atoms with Crippen LogP contribution in [0.2, 0.25) is 0 Å². The standard InChI is InChI=1S/C44H30N8O16/c53-37(67-43(63-33-17-13-29(49(55)56)25-7-3-21-45-39(25)33)64-34-18-14-30(50(57)58)26-8-4-22-46-40(26)34)11-1-2-12-38(54)68-44(65-35-19-15-31(51(59)60)27-9-5-23-47-41(27)35)66-36-20-16-32(52(61)62)28-10-6-24-48-42(28)36/h3-10,13-24,43-44H,1-2,11-12H2. The summed E-state index contributed by atoms with van der Waals surface area (Å²) in [6.07, 6.45) is 4.84. The van der Waals surface area contributed by atoms with Gasteiger partial charge in [0.25, 0.3) is 22.7 Å². The zero-order valence-corrected chi connectivity index (χ0v) is 34.6. The van der Waals surface area contributed by atoms with E-state index in [-0.39, 0.29) is 115 Å². The summed E-state index contributed by atoms with van der Waals surface area (Å²) < 4.78 is 34.9. The lowest BCUT2D eigenvalue weighted by Crippen LogP contribution is -2.31. The third-order valence-corrected chi connectivity index (χ3v) is 9.99. The molecule has 8 rings (SSSR count). The minimum absolute atomic E-state index is 0.0187. The van der Waals surface area contributed by atoms with Crippen molar-refractivity contribution in [2.75, 3.05) is 0 Å². The monoisotopic (exact) mass is 926 g/mol. The van der Waals surface area contributed by atoms with Crippen molar-refractivity contribution in [1.82, 2.24) is 19.9 Å². The van der Waals surface area contributed by atoms with Gasteiger partial charge in [-0.25, -0.2) is 0 Å². The quantitative estimate of drug-likeness (QED) is 0.0242. The largest absolute Gasteiger partial charge is 0.420 e. The molecule has 4 aromatic heterocycles. The number of carbonyl (C=O) groups excluding carboxylic acids is 2. The minimum Gasteiger partial charge on any atom is -0.420 e. The summed E-state index contributed by atoms with van der Waals surface area (Å²) in [4.78, 5) is 88.2. The number of fused-ring (bicyclic) bond motifs is 4. The molecule has 0 unspecified atom stereocenters. The van der Waals surface area contributed by atoms with E-state index in [4.69, 9.17) is 28.4 Å². The number of carbonyl (C=O) groups is 2. The van der Waals surface area contributed by atoms with Gasteiger partial charge in [-0.1, -0.05) is 0 Å². The second-order valence-electron chi connectivity index (χ2n) is 14.2. The number of nitro benzene ring substituents is 4. The molecular weight excluding hydrogens is 897 g/mol. The van der Waals surface area contributed by atoms with Gasteiger partial charge in [-0.15, -0.1) is 0 Å². The smallest absolute Gasteiger partial charge is 0.408 e. The molecule has 0 N–H and O–H groups in total. The zero-order chi connectivity index (χ0) is 47.9. The van der Waals surface area contributed by atoms with Crippen LogP contribution in [0.5, 0.6) is 23.0 Å². The lowest BCUT2D eigenvalue weighted by atomic mass is 10.1. The number of ether oxygens (including phenoxy) is 6. The van der Waals surface area contributed by atoms with E-state index in [0.29, 0.717) is 0 Å². The van der Waals surface area contributed by atoms with Crippen molar-refractivity contribution < 1.29 is 57.7 Å². The van der Waals surface area contributed by atoms with Crippen LogP contribution in [0, 0.1) is 40.5 Å². The van der Waals surface area contributed by atoms with Gasteiger partial charge in [0.2, 0.25) is 0 Å². The van der Waals surface area contributed by atoms with Crippen LogP contribution >= 0.6 is 0 Å². The van der Waals surface area contributed by atoms with Crippen molar-refractivity contribution in [2.45, 2.75) is 38.6 Å². The number of nitrogens with zero attached hydrogens (tertiary/aromatic N) is 8. The van der Waals surface area contributed by atoms with E-state index in [1.165, 1.54) is 97.6 Å². The number of hydrogen-bond acceptors (Lipinski definition) is 20. The van der Waals surface area contributed by atoms with Gasteiger partial charge in [-0.2, -0.15) is 0 Å². The van der Waals surface area contributed by atoms with E-state index < -0.39 is 44.6 Å². The normalized spacial score (nSPS) is 11.1. The van der Waals surface area contributed by atoms with E-state index in [0.717, 1.165) is 24.3 Å². The molecule has 342 valence electrons. The highest BCUT2D eigenvalue weighted by Gasteiger charge is 2.28. The molecule has 0 amide bonds. The first kappa shape index (κ1) is 44.9. The van der Waals surface area contributed by atoms with Gasteiger partial charge in [-0.05, 0) is 85.6 Å². The van der Waals surface area contributed by atoms with E-state index in [1.54, 1.807) is 0 Å². The Labute approximate surface area is 379 Å². The molecule has 0 spiro atoms. The Bertz CT molecular complexity index is 2900. The number of nitro groups is 4. The van der Waals surface area contributed by atoms with E-state index in [1.807, 2.05) is 0 Å². The van der Waals surface area contributed by atoms with Crippen molar-refractivity contribution in [3.05, 3.63) is 162 Å². The van der Waals surface area contributed by atoms with Crippen LogP contribution in [-0.4, -0.2) is 64.5 Å². The van der Waals surface area contributed by atoms with Crippen molar-refractivity contribution in [3.8, 4) is 23.0 Å². The average molecular weight is 927 g/mol. The summed E-state index contributed by atoms with van der Waals surface area (Å²) in [5.74, 6) is -2.14. The predicted molar refractivity (Wildman–Crippen MR) is 234 cm³/mol. The molecule has 24 heteroatoms. The zero-order valence-electron chi connectivity index (χ0n) is 34.6. The fourth-order valence-electron chi connectivity index (χ4n) is 6.97. The van der Waals surface area contributed by atoms with E-state index >= 15 is 0 Å². The molecule has 0 bridgehead atoms. The molecule has 0 radical (unpaired) electrons. The molecule has 24 nitrogen and oxygen atoms in total. The maximum absolute atomic E-state index is 13.4. The van der Waals surface area contributed by atoms with E-state index in [9.17, 15) is 50.0 Å². The maximum atomic E-state index is 13.4. The molecule has 0 saturated heterocycles. The first-order valence-corrected chi connectivity index (χ1v) is 20.0. The van der Waals surface area contributed by atoms with Crippen LogP contribution in [0.25, 0.3) is 43.6 Å². The summed E-state index contributed by atoms with van der Waals surface area (Å²) in [6, 6.07) is 21.3. The molecule has 0 saturated carbocycles. The SMILES string of the molecule is O=C(CCCCC(=O)OC(Oc1ccc([N+](=O)[O-])c2cccnc12)Oc1ccc([N+](=O)[O-])c2cccnc12)OC(Oc1ccc([N+](=O)[O-])c2cccnc12)Oc1ccc([N+](=O)[O-])c2cccnc12. The van der Waals surface area contributed by atoms with Gasteiger partial charge in [0.1, 0.15) is 22.1 Å². The number of non-ortho nitro benzene ring substituents is 4. The lowest BCUT2D eigenvalue weighted by molar-refractivity contribution is -0.383. The summed E-state index contributed by atoms with van der Waals surface area (Å²) in [6.45, 7) is -3.81. The molecule has 4 heterocycles. The van der Waals surface area contributed by atoms with Crippen LogP contribution in [0.15, 0.2) is 122 Å². The van der Waals surface area contributed by atoms with Gasteiger partial charge in [0.15, 0.2) is 23.0 Å². The molecule has 0 aliphatic rings. The second kappa shape index (κ2) is 19.6. The topological polar surface area (TPSA) is 314 Å². The van der Waals surface area contributed by atoms with Crippen LogP contribution < -0.4 is 18.9 Å². The number of hydrogen-bond donors (Lipinski definition) is 0. The molecule has 0 aliphatic heterocycles. The Morgan fingerprint density at radius 3 is 0.897 bits per heavy atom. The summed E-state index contributed by atoms with van der Waals surface area (Å²) >= 11 is 0. The number of rotatable bonds is 19.